The van der Waals surface area contributed by atoms with Crippen molar-refractivity contribution in [1.82, 2.24) is 4.98 Å². The molecule has 0 saturated heterocycles. The number of hydrogen-bond acceptors (Lipinski definition) is 3. The predicted molar refractivity (Wildman–Crippen MR) is 74.7 cm³/mol. The molecule has 0 unspecified atom stereocenters. The lowest BCUT2D eigenvalue weighted by molar-refractivity contribution is 0.968. The van der Waals surface area contributed by atoms with E-state index >= 15 is 0 Å². The summed E-state index contributed by atoms with van der Waals surface area (Å²) in [6, 6.07) is 8.55. The van der Waals surface area contributed by atoms with Crippen LogP contribution in [0, 0.1) is 5.51 Å². The van der Waals surface area contributed by atoms with Crippen LogP contribution in [0.2, 0.25) is 0 Å². The summed E-state index contributed by atoms with van der Waals surface area (Å²) in [6.07, 6.45) is 1.02. The highest BCUT2D eigenvalue weighted by atomic mass is 32.1. The second-order valence-electron chi connectivity index (χ2n) is 3.99. The van der Waals surface area contributed by atoms with Crippen molar-refractivity contribution in [3.05, 3.63) is 34.7 Å². The molecule has 0 aliphatic carbocycles. The number of aryl methyl sites for hydroxylation is 1. The van der Waals surface area contributed by atoms with Crippen LogP contribution in [0.5, 0.6) is 0 Å². The van der Waals surface area contributed by atoms with Gasteiger partial charge in [0.15, 0.2) is 5.51 Å². The maximum atomic E-state index is 4.36. The molecule has 0 spiro atoms. The molecule has 0 saturated carbocycles. The molecule has 1 aromatic heterocycles. The standard InChI is InChI=1S/C14H17N2S/c1-4-13-14(15-10-17-13)11-7-6-8-12(9-11)16(3)5-2/h6-9H,4-5H2,1-3H3. The Labute approximate surface area is 107 Å². The van der Waals surface area contributed by atoms with Crippen LogP contribution in [0.15, 0.2) is 24.3 Å². The van der Waals surface area contributed by atoms with E-state index in [-0.39, 0.29) is 0 Å². The van der Waals surface area contributed by atoms with Gasteiger partial charge in [0.25, 0.3) is 0 Å². The summed E-state index contributed by atoms with van der Waals surface area (Å²) in [5.41, 5.74) is 6.50. The first-order valence-corrected chi connectivity index (χ1v) is 6.75. The van der Waals surface area contributed by atoms with E-state index < -0.39 is 0 Å². The highest BCUT2D eigenvalue weighted by Crippen LogP contribution is 2.28. The first-order valence-electron chi connectivity index (χ1n) is 5.93. The quantitative estimate of drug-likeness (QED) is 0.817. The molecule has 17 heavy (non-hydrogen) atoms. The van der Waals surface area contributed by atoms with E-state index in [0.29, 0.717) is 0 Å². The zero-order chi connectivity index (χ0) is 12.3. The van der Waals surface area contributed by atoms with Gasteiger partial charge in [-0.3, -0.25) is 0 Å². The minimum Gasteiger partial charge on any atom is -0.375 e. The summed E-state index contributed by atoms with van der Waals surface area (Å²) in [6.45, 7) is 5.32. The maximum absolute atomic E-state index is 4.36. The van der Waals surface area contributed by atoms with Crippen LogP contribution in [0.3, 0.4) is 0 Å². The van der Waals surface area contributed by atoms with E-state index in [1.807, 2.05) is 0 Å². The molecular formula is C14H17N2S. The SMILES string of the molecule is CCc1s[c]nc1-c1cccc(N(C)CC)c1. The van der Waals surface area contributed by atoms with Gasteiger partial charge in [-0.2, -0.15) is 0 Å². The van der Waals surface area contributed by atoms with Crippen molar-refractivity contribution in [1.29, 1.82) is 0 Å². The summed E-state index contributed by atoms with van der Waals surface area (Å²) in [5.74, 6) is 0. The van der Waals surface area contributed by atoms with Crippen LogP contribution in [0.1, 0.15) is 18.7 Å². The summed E-state index contributed by atoms with van der Waals surface area (Å²) >= 11 is 1.61. The average Bonchev–Trinajstić information content (AvgIpc) is 2.86. The van der Waals surface area contributed by atoms with Crippen LogP contribution in [-0.2, 0) is 6.42 Å². The number of thiazole rings is 1. The second-order valence-corrected chi connectivity index (χ2v) is 4.87. The van der Waals surface area contributed by atoms with E-state index in [9.17, 15) is 0 Å². The molecule has 2 aromatic rings. The van der Waals surface area contributed by atoms with Gasteiger partial charge in [0.1, 0.15) is 0 Å². The fraction of sp³-hybridized carbons (Fsp3) is 0.357. The van der Waals surface area contributed by atoms with Crippen molar-refractivity contribution >= 4 is 17.0 Å². The smallest absolute Gasteiger partial charge is 0.153 e. The van der Waals surface area contributed by atoms with E-state index in [1.165, 1.54) is 16.1 Å². The molecular weight excluding hydrogens is 228 g/mol. The zero-order valence-electron chi connectivity index (χ0n) is 10.5. The highest BCUT2D eigenvalue weighted by molar-refractivity contribution is 7.09. The number of hydrogen-bond donors (Lipinski definition) is 0. The molecule has 89 valence electrons. The van der Waals surface area contributed by atoms with Crippen molar-refractivity contribution in [2.75, 3.05) is 18.5 Å². The van der Waals surface area contributed by atoms with Crippen molar-refractivity contribution in [3.8, 4) is 11.3 Å². The van der Waals surface area contributed by atoms with Crippen LogP contribution in [0.25, 0.3) is 11.3 Å². The summed E-state index contributed by atoms with van der Waals surface area (Å²) < 4.78 is 0. The number of rotatable bonds is 4. The van der Waals surface area contributed by atoms with E-state index in [0.717, 1.165) is 18.7 Å². The molecule has 3 heteroatoms. The van der Waals surface area contributed by atoms with E-state index in [1.54, 1.807) is 11.3 Å². The minimum absolute atomic E-state index is 1.01. The molecule has 0 aliphatic heterocycles. The summed E-state index contributed by atoms with van der Waals surface area (Å²) in [7, 11) is 2.10. The summed E-state index contributed by atoms with van der Waals surface area (Å²) in [5, 5.41) is 0. The summed E-state index contributed by atoms with van der Waals surface area (Å²) in [4.78, 5) is 7.89. The molecule has 1 radical (unpaired) electrons. The first-order chi connectivity index (χ1) is 8.26. The third-order valence-corrected chi connectivity index (χ3v) is 3.86. The Morgan fingerprint density at radius 2 is 2.18 bits per heavy atom. The van der Waals surface area contributed by atoms with Crippen molar-refractivity contribution in [2.24, 2.45) is 0 Å². The van der Waals surface area contributed by atoms with Gasteiger partial charge in [-0.05, 0) is 25.5 Å². The van der Waals surface area contributed by atoms with E-state index in [4.69, 9.17) is 0 Å². The topological polar surface area (TPSA) is 16.1 Å². The second kappa shape index (κ2) is 5.32. The largest absolute Gasteiger partial charge is 0.375 e. The van der Waals surface area contributed by atoms with Gasteiger partial charge < -0.3 is 4.90 Å². The van der Waals surface area contributed by atoms with Crippen LogP contribution in [-0.4, -0.2) is 18.6 Å². The normalized spacial score (nSPS) is 10.5. The average molecular weight is 245 g/mol. The molecule has 1 heterocycles. The number of aromatic nitrogens is 1. The third-order valence-electron chi connectivity index (χ3n) is 2.95. The molecule has 0 aliphatic rings. The fourth-order valence-corrected chi connectivity index (χ4v) is 2.42. The lowest BCUT2D eigenvalue weighted by Gasteiger charge is -2.17. The molecule has 0 bridgehead atoms. The lowest BCUT2D eigenvalue weighted by atomic mass is 10.1. The fourth-order valence-electron chi connectivity index (χ4n) is 1.77. The predicted octanol–water partition coefficient (Wildman–Crippen LogP) is 3.63. The van der Waals surface area contributed by atoms with E-state index in [2.05, 4.69) is 60.6 Å². The Bertz CT molecular complexity index is 490. The Morgan fingerprint density at radius 1 is 1.35 bits per heavy atom. The van der Waals surface area contributed by atoms with Gasteiger partial charge in [0.05, 0.1) is 5.69 Å². The van der Waals surface area contributed by atoms with Gasteiger partial charge in [-0.1, -0.05) is 19.1 Å². The zero-order valence-corrected chi connectivity index (χ0v) is 11.3. The highest BCUT2D eigenvalue weighted by Gasteiger charge is 2.08. The molecule has 0 N–H and O–H groups in total. The molecule has 2 nitrogen and oxygen atoms in total. The maximum Gasteiger partial charge on any atom is 0.153 e. The van der Waals surface area contributed by atoms with Crippen LogP contribution >= 0.6 is 11.3 Å². The Balaban J connectivity index is 2.39. The van der Waals surface area contributed by atoms with Gasteiger partial charge >= 0.3 is 0 Å². The Morgan fingerprint density at radius 3 is 2.88 bits per heavy atom. The molecule has 2 rings (SSSR count). The Kier molecular flexibility index (Phi) is 3.79. The number of benzene rings is 1. The molecule has 0 amide bonds. The first kappa shape index (κ1) is 12.1. The molecule has 0 fully saturated rings. The van der Waals surface area contributed by atoms with Gasteiger partial charge in [0, 0.05) is 29.7 Å². The van der Waals surface area contributed by atoms with Crippen molar-refractivity contribution in [3.63, 3.8) is 0 Å². The van der Waals surface area contributed by atoms with Crippen LogP contribution < -0.4 is 4.90 Å². The van der Waals surface area contributed by atoms with Crippen molar-refractivity contribution < 1.29 is 0 Å². The third kappa shape index (κ3) is 2.50. The monoisotopic (exact) mass is 245 g/mol. The Hall–Kier alpha value is -1.35. The van der Waals surface area contributed by atoms with Crippen LogP contribution in [0.4, 0.5) is 5.69 Å². The van der Waals surface area contributed by atoms with Gasteiger partial charge in [-0.25, -0.2) is 4.98 Å². The molecule has 1 aromatic carbocycles. The number of nitrogens with zero attached hydrogens (tertiary/aromatic N) is 2. The van der Waals surface area contributed by atoms with Crippen molar-refractivity contribution in [2.45, 2.75) is 20.3 Å². The number of anilines is 1. The lowest BCUT2D eigenvalue weighted by Crippen LogP contribution is -2.15. The van der Waals surface area contributed by atoms with Gasteiger partial charge in [0.2, 0.25) is 0 Å². The van der Waals surface area contributed by atoms with Gasteiger partial charge in [-0.15, -0.1) is 11.3 Å². The minimum atomic E-state index is 1.01. The molecule has 0 atom stereocenters.